The zero-order chi connectivity index (χ0) is 14.8. The monoisotopic (exact) mass is 278 g/mol. The third kappa shape index (κ3) is 5.63. The number of rotatable bonds is 4. The third-order valence-corrected chi connectivity index (χ3v) is 1.99. The maximum absolute atomic E-state index is 10.8. The van der Waals surface area contributed by atoms with Gasteiger partial charge in [0.15, 0.2) is 0 Å². The average molecular weight is 278 g/mol. The Bertz CT molecular complexity index is 485. The molecule has 0 spiro atoms. The molecule has 0 aromatic heterocycles. The van der Waals surface area contributed by atoms with Crippen LogP contribution >= 0.6 is 0 Å². The van der Waals surface area contributed by atoms with Crippen molar-refractivity contribution in [3.05, 3.63) is 35.4 Å². The summed E-state index contributed by atoms with van der Waals surface area (Å²) in [5.74, 6) is 0. The zero-order valence-electron chi connectivity index (χ0n) is 11.0. The van der Waals surface area contributed by atoms with Crippen LogP contribution in [0.4, 0.5) is 9.59 Å². The van der Waals surface area contributed by atoms with E-state index in [1.165, 1.54) is 26.5 Å². The topological polar surface area (TPSA) is 101 Å². The molecule has 0 aliphatic rings. The number of carbonyl (C=O) groups is 2. The van der Waals surface area contributed by atoms with E-state index < -0.39 is 12.2 Å². The fourth-order valence-corrected chi connectivity index (χ4v) is 1.08. The Balaban J connectivity index is 2.61. The van der Waals surface area contributed by atoms with Crippen LogP contribution in [-0.4, -0.2) is 38.7 Å². The van der Waals surface area contributed by atoms with Crippen molar-refractivity contribution in [2.24, 2.45) is 10.3 Å². The van der Waals surface area contributed by atoms with Gasteiger partial charge < -0.3 is 10.6 Å². The minimum absolute atomic E-state index is 0.655. The summed E-state index contributed by atoms with van der Waals surface area (Å²) < 4.78 is 0. The number of carbonyl (C=O) groups excluding carboxylic acids is 2. The van der Waals surface area contributed by atoms with Gasteiger partial charge >= 0.3 is 12.2 Å². The molecule has 1 aromatic rings. The second-order valence-electron chi connectivity index (χ2n) is 3.40. The molecule has 0 heterocycles. The molecule has 8 nitrogen and oxygen atoms in total. The van der Waals surface area contributed by atoms with Gasteiger partial charge in [0, 0.05) is 14.1 Å². The number of hydrogen-bond acceptors (Lipinski definition) is 6. The lowest BCUT2D eigenvalue weighted by Crippen LogP contribution is -2.16. The second-order valence-corrected chi connectivity index (χ2v) is 3.40. The Morgan fingerprint density at radius 1 is 1.00 bits per heavy atom. The molecule has 0 bridgehead atoms. The zero-order valence-corrected chi connectivity index (χ0v) is 11.0. The van der Waals surface area contributed by atoms with E-state index in [9.17, 15) is 9.59 Å². The van der Waals surface area contributed by atoms with Gasteiger partial charge in [-0.1, -0.05) is 28.5 Å². The van der Waals surface area contributed by atoms with Gasteiger partial charge in [0.1, 0.15) is 0 Å². The quantitative estimate of drug-likeness (QED) is 0.488. The van der Waals surface area contributed by atoms with Gasteiger partial charge in [-0.3, -0.25) is 9.68 Å². The van der Waals surface area contributed by atoms with Crippen molar-refractivity contribution in [2.75, 3.05) is 14.1 Å². The van der Waals surface area contributed by atoms with Crippen LogP contribution < -0.4 is 10.6 Å². The lowest BCUT2D eigenvalue weighted by atomic mass is 10.1. The first-order chi connectivity index (χ1) is 9.65. The highest BCUT2D eigenvalue weighted by Crippen LogP contribution is 2.01. The third-order valence-electron chi connectivity index (χ3n) is 1.99. The van der Waals surface area contributed by atoms with Gasteiger partial charge in [0.05, 0.1) is 12.4 Å². The summed E-state index contributed by atoms with van der Waals surface area (Å²) in [5.41, 5.74) is 1.38. The van der Waals surface area contributed by atoms with Gasteiger partial charge in [-0.25, -0.2) is 9.59 Å². The number of amides is 2. The predicted octanol–water partition coefficient (Wildman–Crippen LogP) is 1.07. The molecular formula is C12H14N4O4. The van der Waals surface area contributed by atoms with Gasteiger partial charge in [-0.2, -0.15) is 0 Å². The lowest BCUT2D eigenvalue weighted by molar-refractivity contribution is 0.153. The van der Waals surface area contributed by atoms with E-state index in [1.807, 2.05) is 0 Å². The lowest BCUT2D eigenvalue weighted by Gasteiger charge is -1.97. The molecule has 20 heavy (non-hydrogen) atoms. The number of benzene rings is 1. The van der Waals surface area contributed by atoms with Crippen LogP contribution in [0.3, 0.4) is 0 Å². The predicted molar refractivity (Wildman–Crippen MR) is 72.7 cm³/mol. The SMILES string of the molecule is CNC(=O)O/N=C\c1cccc(/C=N/OC(=O)NC)c1. The van der Waals surface area contributed by atoms with E-state index in [1.54, 1.807) is 24.3 Å². The maximum Gasteiger partial charge on any atom is 0.433 e. The molecule has 0 radical (unpaired) electrons. The fourth-order valence-electron chi connectivity index (χ4n) is 1.08. The summed E-state index contributed by atoms with van der Waals surface area (Å²) in [6.45, 7) is 0. The van der Waals surface area contributed by atoms with Crippen molar-refractivity contribution in [1.82, 2.24) is 10.6 Å². The number of nitrogens with zero attached hydrogens (tertiary/aromatic N) is 2. The van der Waals surface area contributed by atoms with Crippen LogP contribution in [0.2, 0.25) is 0 Å². The highest BCUT2D eigenvalue weighted by atomic mass is 16.7. The van der Waals surface area contributed by atoms with Crippen molar-refractivity contribution in [3.63, 3.8) is 0 Å². The van der Waals surface area contributed by atoms with Gasteiger partial charge in [0.2, 0.25) is 0 Å². The largest absolute Gasteiger partial charge is 0.433 e. The molecule has 0 unspecified atom stereocenters. The van der Waals surface area contributed by atoms with Crippen LogP contribution in [0.1, 0.15) is 11.1 Å². The highest BCUT2D eigenvalue weighted by molar-refractivity contribution is 5.86. The number of nitrogens with one attached hydrogen (secondary N) is 2. The first-order valence-electron chi connectivity index (χ1n) is 5.60. The van der Waals surface area contributed by atoms with Gasteiger partial charge in [-0.15, -0.1) is 0 Å². The fraction of sp³-hybridized carbons (Fsp3) is 0.167. The molecule has 2 amide bonds. The summed E-state index contributed by atoms with van der Waals surface area (Å²) in [7, 11) is 2.86. The normalized spacial score (nSPS) is 10.5. The Morgan fingerprint density at radius 2 is 1.45 bits per heavy atom. The molecule has 8 heteroatoms. The summed E-state index contributed by atoms with van der Waals surface area (Å²) in [6.07, 6.45) is 1.43. The van der Waals surface area contributed by atoms with Crippen LogP contribution in [0, 0.1) is 0 Å². The van der Waals surface area contributed by atoms with Crippen LogP contribution in [0.25, 0.3) is 0 Å². The highest BCUT2D eigenvalue weighted by Gasteiger charge is 1.96. The van der Waals surface area contributed by atoms with E-state index in [2.05, 4.69) is 30.6 Å². The van der Waals surface area contributed by atoms with Crippen molar-refractivity contribution in [1.29, 1.82) is 0 Å². The molecule has 1 rings (SSSR count). The first kappa shape index (κ1) is 15.2. The Labute approximate surface area is 115 Å². The maximum atomic E-state index is 10.8. The summed E-state index contributed by atoms with van der Waals surface area (Å²) in [6, 6.07) is 6.98. The van der Waals surface area contributed by atoms with Crippen molar-refractivity contribution >= 4 is 24.6 Å². The minimum atomic E-state index is -0.655. The first-order valence-corrected chi connectivity index (χ1v) is 5.60. The molecule has 0 fully saturated rings. The van der Waals surface area contributed by atoms with Crippen molar-refractivity contribution in [2.45, 2.75) is 0 Å². The second kappa shape index (κ2) is 8.25. The van der Waals surface area contributed by atoms with E-state index in [0.29, 0.717) is 11.1 Å². The smallest absolute Gasteiger partial charge is 0.323 e. The van der Waals surface area contributed by atoms with Crippen LogP contribution in [-0.2, 0) is 9.68 Å². The van der Waals surface area contributed by atoms with Crippen molar-refractivity contribution in [3.8, 4) is 0 Å². The molecule has 0 aliphatic heterocycles. The Hall–Kier alpha value is -2.90. The van der Waals surface area contributed by atoms with Crippen molar-refractivity contribution < 1.29 is 19.3 Å². The summed E-state index contributed by atoms with van der Waals surface area (Å²) in [4.78, 5) is 30.5. The van der Waals surface area contributed by atoms with Gasteiger partial charge in [0.25, 0.3) is 0 Å². The molecule has 0 atom stereocenters. The molecule has 1 aromatic carbocycles. The van der Waals surface area contributed by atoms with Gasteiger partial charge in [-0.05, 0) is 17.2 Å². The standard InChI is InChI=1S/C12H14N4O4/c1-13-11(17)19-15-7-9-4-3-5-10(6-9)8-16-20-12(18)14-2/h3-8H,1-2H3,(H,13,17)(H,14,18)/b15-7-,16-8+. The molecule has 0 aliphatic carbocycles. The molecule has 2 N–H and O–H groups in total. The summed E-state index contributed by atoms with van der Waals surface area (Å²) >= 11 is 0. The number of oxime groups is 2. The van der Waals surface area contributed by atoms with Crippen LogP contribution in [0.15, 0.2) is 34.6 Å². The minimum Gasteiger partial charge on any atom is -0.323 e. The number of hydrogen-bond donors (Lipinski definition) is 2. The van der Waals surface area contributed by atoms with E-state index in [-0.39, 0.29) is 0 Å². The molecule has 0 saturated carbocycles. The van der Waals surface area contributed by atoms with E-state index >= 15 is 0 Å². The van der Waals surface area contributed by atoms with E-state index in [0.717, 1.165) is 0 Å². The average Bonchev–Trinajstić information content (AvgIpc) is 2.47. The van der Waals surface area contributed by atoms with Crippen LogP contribution in [0.5, 0.6) is 0 Å². The Morgan fingerprint density at radius 3 is 1.85 bits per heavy atom. The Kier molecular flexibility index (Phi) is 6.25. The molecule has 0 saturated heterocycles. The van der Waals surface area contributed by atoms with E-state index in [4.69, 9.17) is 0 Å². The molecular weight excluding hydrogens is 264 g/mol. The summed E-state index contributed by atoms with van der Waals surface area (Å²) in [5, 5.41) is 11.5. The molecule has 106 valence electrons.